The molecule has 2 aliphatic rings. The van der Waals surface area contributed by atoms with Gasteiger partial charge in [0, 0.05) is 29.6 Å². The van der Waals surface area contributed by atoms with Crippen molar-refractivity contribution in [2.45, 2.75) is 33.1 Å². The summed E-state index contributed by atoms with van der Waals surface area (Å²) in [6.45, 7) is 4.00. The van der Waals surface area contributed by atoms with Crippen molar-refractivity contribution >= 4 is 18.0 Å². The summed E-state index contributed by atoms with van der Waals surface area (Å²) in [4.78, 5) is 7.95. The normalized spacial score (nSPS) is 15.9. The summed E-state index contributed by atoms with van der Waals surface area (Å²) >= 11 is 0. The molecule has 0 aromatic carbocycles. The highest BCUT2D eigenvalue weighted by Gasteiger charge is 2.16. The number of hydrogen-bond acceptors (Lipinski definition) is 1. The van der Waals surface area contributed by atoms with E-state index in [1.807, 2.05) is 20.1 Å². The van der Waals surface area contributed by atoms with Crippen molar-refractivity contribution in [1.82, 2.24) is 4.98 Å². The number of hydrogen-bond donors (Lipinski definition) is 1. The van der Waals surface area contributed by atoms with Gasteiger partial charge in [-0.25, -0.2) is 0 Å². The molecule has 1 aromatic heterocycles. The van der Waals surface area contributed by atoms with Gasteiger partial charge in [0.15, 0.2) is 0 Å². The summed E-state index contributed by atoms with van der Waals surface area (Å²) in [5, 5.41) is 0. The first kappa shape index (κ1) is 10.9. The summed E-state index contributed by atoms with van der Waals surface area (Å²) in [6, 6.07) is 0. The third-order valence-electron chi connectivity index (χ3n) is 2.74. The van der Waals surface area contributed by atoms with Gasteiger partial charge in [-0.15, -0.1) is 0 Å². The lowest BCUT2D eigenvalue weighted by atomic mass is 10.1. The molecule has 0 atom stereocenters. The van der Waals surface area contributed by atoms with Crippen molar-refractivity contribution < 1.29 is 0 Å². The highest BCUT2D eigenvalue weighted by molar-refractivity contribution is 5.77. The summed E-state index contributed by atoms with van der Waals surface area (Å²) in [5.41, 5.74) is 5.05. The van der Waals surface area contributed by atoms with Crippen LogP contribution < -0.4 is 0 Å². The van der Waals surface area contributed by atoms with Gasteiger partial charge >= 0.3 is 0 Å². The fraction of sp³-hybridized carbons (Fsp3) is 0.357. The van der Waals surface area contributed by atoms with Gasteiger partial charge in [0.1, 0.15) is 0 Å². The molecule has 0 radical (unpaired) electrons. The standard InChI is InChI=1S/C12H12N2.C2H6/c1-2-5-9-10(6-3-1)14-11-7-4-8-13-12(9)11;1-2/h1-3,5,8,14H,4,6-7H2;1-2H3. The van der Waals surface area contributed by atoms with E-state index in [1.54, 1.807) is 0 Å². The lowest BCUT2D eigenvalue weighted by Gasteiger charge is -2.03. The number of nitrogens with one attached hydrogen (secondary N) is 1. The topological polar surface area (TPSA) is 28.1 Å². The molecular formula is C14H18N2. The molecule has 0 unspecified atom stereocenters. The molecule has 2 heterocycles. The first-order chi connectivity index (χ1) is 7.95. The lowest BCUT2D eigenvalue weighted by molar-refractivity contribution is 0.963. The smallest absolute Gasteiger partial charge is 0.0908 e. The van der Waals surface area contributed by atoms with Crippen LogP contribution in [0.1, 0.15) is 37.2 Å². The largest absolute Gasteiger partial charge is 0.360 e. The van der Waals surface area contributed by atoms with Crippen LogP contribution in [0.15, 0.2) is 23.2 Å². The van der Waals surface area contributed by atoms with Crippen molar-refractivity contribution in [1.29, 1.82) is 0 Å². The lowest BCUT2D eigenvalue weighted by Crippen LogP contribution is -1.92. The summed E-state index contributed by atoms with van der Waals surface area (Å²) in [6.07, 6.45) is 13.7. The second kappa shape index (κ2) is 4.97. The van der Waals surface area contributed by atoms with E-state index >= 15 is 0 Å². The van der Waals surface area contributed by atoms with Crippen molar-refractivity contribution in [3.8, 4) is 0 Å². The van der Waals surface area contributed by atoms with Crippen molar-refractivity contribution in [3.05, 3.63) is 35.2 Å². The van der Waals surface area contributed by atoms with E-state index in [1.165, 1.54) is 17.0 Å². The Kier molecular flexibility index (Phi) is 3.40. The van der Waals surface area contributed by atoms with Crippen molar-refractivity contribution in [2.75, 3.05) is 0 Å². The average molecular weight is 214 g/mol. The number of H-pyrrole nitrogens is 1. The van der Waals surface area contributed by atoms with E-state index in [-0.39, 0.29) is 0 Å². The van der Waals surface area contributed by atoms with Crippen LogP contribution in [0.5, 0.6) is 0 Å². The van der Waals surface area contributed by atoms with E-state index < -0.39 is 0 Å². The maximum absolute atomic E-state index is 4.47. The van der Waals surface area contributed by atoms with Crippen LogP contribution >= 0.6 is 0 Å². The minimum absolute atomic E-state index is 0.991. The zero-order chi connectivity index (χ0) is 11.4. The van der Waals surface area contributed by atoms with Gasteiger partial charge in [-0.2, -0.15) is 0 Å². The second-order valence-corrected chi connectivity index (χ2v) is 3.69. The first-order valence-corrected chi connectivity index (χ1v) is 6.04. The Balaban J connectivity index is 0.000000457. The van der Waals surface area contributed by atoms with Gasteiger partial charge in [0.05, 0.1) is 5.69 Å². The van der Waals surface area contributed by atoms with E-state index in [0.29, 0.717) is 0 Å². The van der Waals surface area contributed by atoms with E-state index in [0.717, 1.165) is 24.9 Å². The Morgan fingerprint density at radius 2 is 2.06 bits per heavy atom. The molecule has 1 aromatic rings. The minimum Gasteiger partial charge on any atom is -0.360 e. The summed E-state index contributed by atoms with van der Waals surface area (Å²) in [7, 11) is 0. The fourth-order valence-corrected chi connectivity index (χ4v) is 2.06. The molecule has 0 saturated carbocycles. The molecule has 0 spiro atoms. The monoisotopic (exact) mass is 214 g/mol. The maximum atomic E-state index is 4.47. The predicted molar refractivity (Wildman–Crippen MR) is 70.5 cm³/mol. The van der Waals surface area contributed by atoms with E-state index in [9.17, 15) is 0 Å². The molecule has 2 heteroatoms. The number of fused-ring (bicyclic) bond motifs is 3. The van der Waals surface area contributed by atoms with Crippen LogP contribution in [0.2, 0.25) is 0 Å². The number of aryl methyl sites for hydroxylation is 1. The zero-order valence-corrected chi connectivity index (χ0v) is 9.96. The molecule has 0 saturated heterocycles. The van der Waals surface area contributed by atoms with Crippen LogP contribution in [0.25, 0.3) is 6.08 Å². The molecule has 84 valence electrons. The van der Waals surface area contributed by atoms with Gasteiger partial charge in [-0.3, -0.25) is 4.99 Å². The van der Waals surface area contributed by atoms with Gasteiger partial charge in [-0.05, 0) is 12.8 Å². The zero-order valence-electron chi connectivity index (χ0n) is 9.96. The van der Waals surface area contributed by atoms with Gasteiger partial charge < -0.3 is 4.98 Å². The van der Waals surface area contributed by atoms with Crippen molar-refractivity contribution in [3.63, 3.8) is 0 Å². The summed E-state index contributed by atoms with van der Waals surface area (Å²) in [5.74, 6) is 0. The molecule has 1 aliphatic carbocycles. The average Bonchev–Trinajstić information content (AvgIpc) is 2.54. The molecule has 1 aliphatic heterocycles. The highest BCUT2D eigenvalue weighted by Crippen LogP contribution is 2.33. The minimum atomic E-state index is 0.991. The molecule has 0 amide bonds. The molecule has 0 bridgehead atoms. The molecule has 3 rings (SSSR count). The molecule has 16 heavy (non-hydrogen) atoms. The third kappa shape index (κ3) is 1.87. The number of allylic oxidation sites excluding steroid dienone is 3. The number of aliphatic imine (C=N–C) groups is 1. The third-order valence-corrected chi connectivity index (χ3v) is 2.74. The molecule has 2 nitrogen and oxygen atoms in total. The fourth-order valence-electron chi connectivity index (χ4n) is 2.06. The SMILES string of the molecule is C1=CCc2[nH]c3c(c2C=C1)N=CCC3.CC. The number of aromatic amines is 1. The molecule has 0 fully saturated rings. The Morgan fingerprint density at radius 3 is 2.94 bits per heavy atom. The Hall–Kier alpha value is -1.57. The van der Waals surface area contributed by atoms with Crippen molar-refractivity contribution in [2.24, 2.45) is 4.99 Å². The van der Waals surface area contributed by atoms with Crippen LogP contribution in [-0.4, -0.2) is 11.2 Å². The van der Waals surface area contributed by atoms with E-state index in [4.69, 9.17) is 0 Å². The molecular weight excluding hydrogens is 196 g/mol. The number of rotatable bonds is 0. The Labute approximate surface area is 96.8 Å². The predicted octanol–water partition coefficient (Wildman–Crippen LogP) is 3.81. The molecule has 1 N–H and O–H groups in total. The highest BCUT2D eigenvalue weighted by atomic mass is 14.9. The van der Waals surface area contributed by atoms with Crippen LogP contribution in [-0.2, 0) is 12.8 Å². The van der Waals surface area contributed by atoms with Crippen LogP contribution in [0, 0.1) is 0 Å². The summed E-state index contributed by atoms with van der Waals surface area (Å²) < 4.78 is 0. The maximum Gasteiger partial charge on any atom is 0.0908 e. The van der Waals surface area contributed by atoms with Crippen LogP contribution in [0.4, 0.5) is 5.69 Å². The Morgan fingerprint density at radius 1 is 1.19 bits per heavy atom. The van der Waals surface area contributed by atoms with Gasteiger partial charge in [0.2, 0.25) is 0 Å². The Bertz CT molecular complexity index is 448. The number of nitrogens with zero attached hydrogens (tertiary/aromatic N) is 1. The van der Waals surface area contributed by atoms with Crippen LogP contribution in [0.3, 0.4) is 0 Å². The second-order valence-electron chi connectivity index (χ2n) is 3.69. The van der Waals surface area contributed by atoms with E-state index in [2.05, 4.69) is 34.3 Å². The van der Waals surface area contributed by atoms with Gasteiger partial charge in [-0.1, -0.05) is 38.2 Å². The number of aromatic nitrogens is 1. The quantitative estimate of drug-likeness (QED) is 0.680. The van der Waals surface area contributed by atoms with Gasteiger partial charge in [0.25, 0.3) is 0 Å². The first-order valence-electron chi connectivity index (χ1n) is 6.04.